The number of aromatic amines is 1. The van der Waals surface area contributed by atoms with Gasteiger partial charge in [-0.15, -0.1) is 0 Å². The molecule has 0 aromatic carbocycles. The Balaban J connectivity index is 2.22. The van der Waals surface area contributed by atoms with Gasteiger partial charge in [0.05, 0.1) is 0 Å². The number of hydrogen-bond donors (Lipinski definition) is 1. The van der Waals surface area contributed by atoms with Crippen LogP contribution in [0, 0.1) is 0 Å². The molecule has 1 aliphatic carbocycles. The van der Waals surface area contributed by atoms with Gasteiger partial charge in [-0.25, -0.2) is 0 Å². The minimum absolute atomic E-state index is 0.150. The molecule has 0 saturated heterocycles. The van der Waals surface area contributed by atoms with Crippen molar-refractivity contribution < 1.29 is 4.79 Å². The molecule has 1 aromatic heterocycles. The van der Waals surface area contributed by atoms with Crippen LogP contribution in [-0.4, -0.2) is 33.7 Å². The number of H-pyrrole nitrogens is 1. The van der Waals surface area contributed by atoms with Crippen LogP contribution in [0.5, 0.6) is 0 Å². The molecule has 0 aliphatic heterocycles. The van der Waals surface area contributed by atoms with Crippen LogP contribution in [0.1, 0.15) is 36.0 Å². The van der Waals surface area contributed by atoms with Crippen LogP contribution in [0.3, 0.4) is 0 Å². The van der Waals surface area contributed by atoms with Gasteiger partial charge in [0.1, 0.15) is 5.56 Å². The summed E-state index contributed by atoms with van der Waals surface area (Å²) in [5.74, 6) is -0.150. The normalized spacial score (nSPS) is 15.8. The van der Waals surface area contributed by atoms with E-state index >= 15 is 0 Å². The maximum absolute atomic E-state index is 12.4. The van der Waals surface area contributed by atoms with Crippen LogP contribution in [0.2, 0.25) is 0 Å². The quantitative estimate of drug-likeness (QED) is 0.866. The SMILES string of the molecule is O=C(c1c[nH]ccc1=O)N(CCBr)C1CCCC1. The van der Waals surface area contributed by atoms with Gasteiger partial charge in [-0.3, -0.25) is 9.59 Å². The van der Waals surface area contributed by atoms with Gasteiger partial charge in [-0.2, -0.15) is 0 Å². The summed E-state index contributed by atoms with van der Waals surface area (Å²) < 4.78 is 0. The zero-order valence-electron chi connectivity index (χ0n) is 10.2. The van der Waals surface area contributed by atoms with E-state index in [9.17, 15) is 9.59 Å². The maximum Gasteiger partial charge on any atom is 0.259 e. The second-order valence-electron chi connectivity index (χ2n) is 4.55. The van der Waals surface area contributed by atoms with E-state index in [0.717, 1.165) is 18.2 Å². The van der Waals surface area contributed by atoms with Crippen molar-refractivity contribution in [3.8, 4) is 0 Å². The number of rotatable bonds is 4. The molecule has 1 aromatic rings. The largest absolute Gasteiger partial charge is 0.367 e. The van der Waals surface area contributed by atoms with Gasteiger partial charge in [0.15, 0.2) is 5.43 Å². The monoisotopic (exact) mass is 312 g/mol. The van der Waals surface area contributed by atoms with Crippen LogP contribution in [0.4, 0.5) is 0 Å². The van der Waals surface area contributed by atoms with Gasteiger partial charge in [-0.1, -0.05) is 28.8 Å². The first-order valence-corrected chi connectivity index (χ1v) is 7.40. The summed E-state index contributed by atoms with van der Waals surface area (Å²) in [6, 6.07) is 1.68. The fourth-order valence-electron chi connectivity index (χ4n) is 2.49. The van der Waals surface area contributed by atoms with Crippen LogP contribution in [0.15, 0.2) is 23.3 Å². The summed E-state index contributed by atoms with van der Waals surface area (Å²) in [4.78, 5) is 28.8. The number of amides is 1. The predicted molar refractivity (Wildman–Crippen MR) is 74.1 cm³/mol. The molecule has 18 heavy (non-hydrogen) atoms. The number of hydrogen-bond acceptors (Lipinski definition) is 2. The Kier molecular flexibility index (Phi) is 4.58. The summed E-state index contributed by atoms with van der Waals surface area (Å²) in [5, 5.41) is 0.736. The van der Waals surface area contributed by atoms with Crippen molar-refractivity contribution in [1.29, 1.82) is 0 Å². The molecule has 98 valence electrons. The van der Waals surface area contributed by atoms with Crippen LogP contribution < -0.4 is 5.43 Å². The summed E-state index contributed by atoms with van der Waals surface area (Å²) in [7, 11) is 0. The Morgan fingerprint density at radius 1 is 1.44 bits per heavy atom. The van der Waals surface area contributed by atoms with E-state index in [-0.39, 0.29) is 22.9 Å². The van der Waals surface area contributed by atoms with Crippen molar-refractivity contribution in [2.45, 2.75) is 31.7 Å². The third kappa shape index (κ3) is 2.83. The van der Waals surface area contributed by atoms with E-state index in [2.05, 4.69) is 20.9 Å². The molecule has 1 amide bonds. The van der Waals surface area contributed by atoms with E-state index in [1.165, 1.54) is 25.1 Å². The van der Waals surface area contributed by atoms with Gasteiger partial charge in [-0.05, 0) is 12.8 Å². The van der Waals surface area contributed by atoms with E-state index in [0.29, 0.717) is 6.54 Å². The first-order valence-electron chi connectivity index (χ1n) is 6.28. The molecular weight excluding hydrogens is 296 g/mol. The Hall–Kier alpha value is -1.10. The lowest BCUT2D eigenvalue weighted by atomic mass is 10.1. The fourth-order valence-corrected chi connectivity index (χ4v) is 2.88. The molecule has 1 aliphatic rings. The zero-order chi connectivity index (χ0) is 13.0. The van der Waals surface area contributed by atoms with E-state index < -0.39 is 0 Å². The molecule has 0 atom stereocenters. The van der Waals surface area contributed by atoms with Crippen LogP contribution >= 0.6 is 15.9 Å². The Morgan fingerprint density at radius 2 is 2.17 bits per heavy atom. The number of halogens is 1. The number of aromatic nitrogens is 1. The molecule has 0 bridgehead atoms. The predicted octanol–water partition coefficient (Wildman–Crippen LogP) is 2.15. The van der Waals surface area contributed by atoms with Gasteiger partial charge >= 0.3 is 0 Å². The molecule has 4 nitrogen and oxygen atoms in total. The average Bonchev–Trinajstić information content (AvgIpc) is 2.89. The molecule has 0 spiro atoms. The fraction of sp³-hybridized carbons (Fsp3) is 0.538. The highest BCUT2D eigenvalue weighted by atomic mass is 79.9. The first-order chi connectivity index (χ1) is 8.74. The van der Waals surface area contributed by atoms with Crippen molar-refractivity contribution in [3.63, 3.8) is 0 Å². The lowest BCUT2D eigenvalue weighted by molar-refractivity contribution is 0.0694. The van der Waals surface area contributed by atoms with E-state index in [1.807, 2.05) is 4.90 Å². The van der Waals surface area contributed by atoms with Crippen molar-refractivity contribution in [2.75, 3.05) is 11.9 Å². The average molecular weight is 313 g/mol. The van der Waals surface area contributed by atoms with Crippen LogP contribution in [-0.2, 0) is 0 Å². The van der Waals surface area contributed by atoms with Crippen LogP contribution in [0.25, 0.3) is 0 Å². The number of pyridine rings is 1. The molecule has 5 heteroatoms. The Bertz CT molecular complexity index is 466. The van der Waals surface area contributed by atoms with Crippen molar-refractivity contribution in [1.82, 2.24) is 9.88 Å². The van der Waals surface area contributed by atoms with Gasteiger partial charge in [0.25, 0.3) is 5.91 Å². The van der Waals surface area contributed by atoms with Gasteiger partial charge in [0.2, 0.25) is 0 Å². The van der Waals surface area contributed by atoms with Gasteiger partial charge < -0.3 is 9.88 Å². The third-order valence-corrected chi connectivity index (χ3v) is 3.76. The highest BCUT2D eigenvalue weighted by Gasteiger charge is 2.27. The lowest BCUT2D eigenvalue weighted by Crippen LogP contribution is -2.41. The number of carbonyl (C=O) groups excluding carboxylic acids is 1. The Labute approximate surface area is 115 Å². The summed E-state index contributed by atoms with van der Waals surface area (Å²) in [5.41, 5.74) is 0.0293. The summed E-state index contributed by atoms with van der Waals surface area (Å²) >= 11 is 3.38. The summed E-state index contributed by atoms with van der Waals surface area (Å²) in [6.07, 6.45) is 7.47. The molecule has 2 rings (SSSR count). The third-order valence-electron chi connectivity index (χ3n) is 3.41. The number of alkyl halides is 1. The molecule has 1 heterocycles. The van der Waals surface area contributed by atoms with Crippen molar-refractivity contribution in [3.05, 3.63) is 34.2 Å². The van der Waals surface area contributed by atoms with Gasteiger partial charge in [0, 0.05) is 36.4 Å². The number of nitrogens with zero attached hydrogens (tertiary/aromatic N) is 1. The molecule has 0 radical (unpaired) electrons. The highest BCUT2D eigenvalue weighted by Crippen LogP contribution is 2.24. The number of nitrogens with one attached hydrogen (secondary N) is 1. The van der Waals surface area contributed by atoms with E-state index in [4.69, 9.17) is 0 Å². The minimum Gasteiger partial charge on any atom is -0.367 e. The summed E-state index contributed by atoms with van der Waals surface area (Å²) in [6.45, 7) is 0.651. The molecule has 0 unspecified atom stereocenters. The second kappa shape index (κ2) is 6.18. The second-order valence-corrected chi connectivity index (χ2v) is 5.34. The first kappa shape index (κ1) is 13.3. The smallest absolute Gasteiger partial charge is 0.259 e. The van der Waals surface area contributed by atoms with Crippen molar-refractivity contribution >= 4 is 21.8 Å². The zero-order valence-corrected chi connectivity index (χ0v) is 11.8. The topological polar surface area (TPSA) is 53.2 Å². The minimum atomic E-state index is -0.212. The maximum atomic E-state index is 12.4. The molecular formula is C13H17BrN2O2. The molecule has 1 N–H and O–H groups in total. The Morgan fingerprint density at radius 3 is 2.78 bits per heavy atom. The number of carbonyl (C=O) groups is 1. The van der Waals surface area contributed by atoms with Crippen molar-refractivity contribution in [2.24, 2.45) is 0 Å². The molecule has 1 fully saturated rings. The highest BCUT2D eigenvalue weighted by molar-refractivity contribution is 9.09. The lowest BCUT2D eigenvalue weighted by Gasteiger charge is -2.28. The van der Waals surface area contributed by atoms with E-state index in [1.54, 1.807) is 6.20 Å². The standard InChI is InChI=1S/C13H17BrN2O2/c14-6-8-16(10-3-1-2-4-10)13(18)11-9-15-7-5-12(11)17/h5,7,9-10H,1-4,6,8H2,(H,15,17). The molecule has 1 saturated carbocycles.